The van der Waals surface area contributed by atoms with Crippen molar-refractivity contribution < 1.29 is 4.79 Å². The van der Waals surface area contributed by atoms with Crippen molar-refractivity contribution in [3.63, 3.8) is 0 Å². The van der Waals surface area contributed by atoms with Crippen molar-refractivity contribution in [2.24, 2.45) is 0 Å². The topological polar surface area (TPSA) is 72.5 Å². The summed E-state index contributed by atoms with van der Waals surface area (Å²) in [4.78, 5) is 32.2. The van der Waals surface area contributed by atoms with Crippen LogP contribution < -0.4 is 5.69 Å². The second-order valence-electron chi connectivity index (χ2n) is 7.30. The molecule has 1 aliphatic carbocycles. The Morgan fingerprint density at radius 3 is 2.65 bits per heavy atom. The molecule has 1 aliphatic heterocycles. The zero-order valence-electron chi connectivity index (χ0n) is 14.6. The Bertz CT molecular complexity index is 1060. The molecule has 3 aromatic rings. The highest BCUT2D eigenvalue weighted by molar-refractivity contribution is 5.91. The first kappa shape index (κ1) is 15.5. The smallest absolute Gasteiger partial charge is 0.341 e. The van der Waals surface area contributed by atoms with Crippen LogP contribution in [0.5, 0.6) is 0 Å². The van der Waals surface area contributed by atoms with Crippen molar-refractivity contribution in [3.05, 3.63) is 40.6 Å². The molecule has 0 spiro atoms. The van der Waals surface area contributed by atoms with Crippen LogP contribution in [0.15, 0.2) is 29.1 Å². The number of piperidine rings is 1. The number of aromatic nitrogens is 4. The van der Waals surface area contributed by atoms with Crippen LogP contribution in [0.1, 0.15) is 43.8 Å². The summed E-state index contributed by atoms with van der Waals surface area (Å²) in [6, 6.07) is 7.74. The summed E-state index contributed by atoms with van der Waals surface area (Å²) in [5, 5.41) is 5.37. The molecule has 1 aromatic carbocycles. The van der Waals surface area contributed by atoms with Crippen LogP contribution in [0.3, 0.4) is 0 Å². The van der Waals surface area contributed by atoms with E-state index in [2.05, 4.69) is 5.10 Å². The first-order valence-electron chi connectivity index (χ1n) is 9.38. The molecule has 0 N–H and O–H groups in total. The van der Waals surface area contributed by atoms with Gasteiger partial charge in [0.2, 0.25) is 5.91 Å². The largest absolute Gasteiger partial charge is 0.352 e. The molecule has 2 aromatic heterocycles. The standard InChI is InChI=1S/C19H21N5O2/c25-16(22-10-4-1-5-11-22)12-23-19(26)24-17(13-8-9-13)20-15-7-3-2-6-14(15)18(24)21-23/h2-3,6-7,13H,1,4-5,8-12H2. The first-order valence-corrected chi connectivity index (χ1v) is 9.38. The van der Waals surface area contributed by atoms with Gasteiger partial charge in [0.05, 0.1) is 5.52 Å². The maximum Gasteiger partial charge on any atom is 0.352 e. The fourth-order valence-corrected chi connectivity index (χ4v) is 3.81. The molecule has 0 unspecified atom stereocenters. The van der Waals surface area contributed by atoms with Gasteiger partial charge in [-0.25, -0.2) is 18.9 Å². The van der Waals surface area contributed by atoms with E-state index in [0.29, 0.717) is 11.6 Å². The molecule has 2 aliphatic rings. The minimum atomic E-state index is -0.259. The van der Waals surface area contributed by atoms with Crippen LogP contribution in [0.2, 0.25) is 0 Å². The minimum absolute atomic E-state index is 0.00104. The van der Waals surface area contributed by atoms with Gasteiger partial charge in [-0.2, -0.15) is 0 Å². The van der Waals surface area contributed by atoms with E-state index < -0.39 is 0 Å². The van der Waals surface area contributed by atoms with Crippen LogP contribution >= 0.6 is 0 Å². The van der Waals surface area contributed by atoms with Gasteiger partial charge in [0.25, 0.3) is 0 Å². The maximum atomic E-state index is 13.0. The number of amides is 1. The average molecular weight is 351 g/mol. The average Bonchev–Trinajstić information content (AvgIpc) is 3.47. The second-order valence-corrected chi connectivity index (χ2v) is 7.30. The van der Waals surface area contributed by atoms with Gasteiger partial charge in [0, 0.05) is 24.4 Å². The van der Waals surface area contributed by atoms with Crippen LogP contribution in [0.25, 0.3) is 16.6 Å². The first-order chi connectivity index (χ1) is 12.7. The van der Waals surface area contributed by atoms with E-state index in [1.165, 1.54) is 11.1 Å². The highest BCUT2D eigenvalue weighted by atomic mass is 16.2. The van der Waals surface area contributed by atoms with Gasteiger partial charge >= 0.3 is 5.69 Å². The summed E-state index contributed by atoms with van der Waals surface area (Å²) < 4.78 is 2.93. The third kappa shape index (κ3) is 2.50. The number of carbonyl (C=O) groups is 1. The zero-order chi connectivity index (χ0) is 17.7. The normalized spacial score (nSPS) is 17.9. The van der Waals surface area contributed by atoms with Gasteiger partial charge in [0.15, 0.2) is 5.65 Å². The number of hydrogen-bond donors (Lipinski definition) is 0. The lowest BCUT2D eigenvalue weighted by molar-refractivity contribution is -0.133. The summed E-state index contributed by atoms with van der Waals surface area (Å²) in [5.74, 6) is 1.07. The molecular weight excluding hydrogens is 330 g/mol. The molecule has 0 bridgehead atoms. The Morgan fingerprint density at radius 1 is 1.12 bits per heavy atom. The van der Waals surface area contributed by atoms with Gasteiger partial charge in [0.1, 0.15) is 12.4 Å². The molecule has 1 amide bonds. The van der Waals surface area contributed by atoms with E-state index >= 15 is 0 Å². The summed E-state index contributed by atoms with van der Waals surface area (Å²) in [7, 11) is 0. The Morgan fingerprint density at radius 2 is 1.88 bits per heavy atom. The Hall–Kier alpha value is -2.70. The number of para-hydroxylation sites is 1. The lowest BCUT2D eigenvalue weighted by Crippen LogP contribution is -2.39. The maximum absolute atomic E-state index is 13.0. The fourth-order valence-electron chi connectivity index (χ4n) is 3.81. The van der Waals surface area contributed by atoms with E-state index in [0.717, 1.165) is 55.5 Å². The predicted molar refractivity (Wildman–Crippen MR) is 97.2 cm³/mol. The molecule has 1 saturated heterocycles. The number of carbonyl (C=O) groups excluding carboxylic acids is 1. The quantitative estimate of drug-likeness (QED) is 0.723. The zero-order valence-corrected chi connectivity index (χ0v) is 14.6. The molecule has 7 heteroatoms. The fraction of sp³-hybridized carbons (Fsp3) is 0.474. The van der Waals surface area contributed by atoms with Crippen molar-refractivity contribution >= 4 is 22.5 Å². The monoisotopic (exact) mass is 351 g/mol. The summed E-state index contributed by atoms with van der Waals surface area (Å²) in [6.07, 6.45) is 5.33. The molecule has 7 nitrogen and oxygen atoms in total. The summed E-state index contributed by atoms with van der Waals surface area (Å²) in [5.41, 5.74) is 1.20. The Labute approximate surface area is 150 Å². The second kappa shape index (κ2) is 5.93. The molecule has 2 fully saturated rings. The molecular formula is C19H21N5O2. The van der Waals surface area contributed by atoms with E-state index in [1.807, 2.05) is 29.2 Å². The van der Waals surface area contributed by atoms with Crippen molar-refractivity contribution in [3.8, 4) is 0 Å². The van der Waals surface area contributed by atoms with E-state index in [-0.39, 0.29) is 18.1 Å². The third-order valence-corrected chi connectivity index (χ3v) is 5.38. The van der Waals surface area contributed by atoms with E-state index in [1.54, 1.807) is 4.40 Å². The van der Waals surface area contributed by atoms with Gasteiger partial charge in [-0.05, 0) is 44.2 Å². The Kier molecular flexibility index (Phi) is 3.55. The van der Waals surface area contributed by atoms with Crippen molar-refractivity contribution in [1.29, 1.82) is 0 Å². The molecule has 5 rings (SSSR count). The van der Waals surface area contributed by atoms with Gasteiger partial charge in [-0.3, -0.25) is 4.79 Å². The van der Waals surface area contributed by atoms with Crippen molar-refractivity contribution in [1.82, 2.24) is 24.1 Å². The van der Waals surface area contributed by atoms with Crippen LogP contribution in [0, 0.1) is 0 Å². The van der Waals surface area contributed by atoms with Gasteiger partial charge in [-0.1, -0.05) is 12.1 Å². The summed E-state index contributed by atoms with van der Waals surface area (Å²) >= 11 is 0. The number of hydrogen-bond acceptors (Lipinski definition) is 4. The van der Waals surface area contributed by atoms with Crippen molar-refractivity contribution in [2.75, 3.05) is 13.1 Å². The SMILES string of the molecule is O=C(Cn1nc2c3ccccc3nc(C3CC3)n2c1=O)N1CCCCC1. The van der Waals surface area contributed by atoms with Crippen LogP contribution in [-0.2, 0) is 11.3 Å². The molecule has 134 valence electrons. The number of nitrogens with zero attached hydrogens (tertiary/aromatic N) is 5. The number of benzene rings is 1. The van der Waals surface area contributed by atoms with Gasteiger partial charge in [-0.15, -0.1) is 5.10 Å². The van der Waals surface area contributed by atoms with Crippen molar-refractivity contribution in [2.45, 2.75) is 44.6 Å². The molecule has 0 radical (unpaired) electrons. The predicted octanol–water partition coefficient (Wildman–Crippen LogP) is 1.93. The van der Waals surface area contributed by atoms with Crippen LogP contribution in [0.4, 0.5) is 0 Å². The van der Waals surface area contributed by atoms with Gasteiger partial charge < -0.3 is 4.90 Å². The summed E-state index contributed by atoms with van der Waals surface area (Å²) in [6.45, 7) is 1.55. The molecule has 26 heavy (non-hydrogen) atoms. The van der Waals surface area contributed by atoms with Crippen LogP contribution in [-0.4, -0.2) is 43.1 Å². The lowest BCUT2D eigenvalue weighted by atomic mass is 10.1. The molecule has 1 saturated carbocycles. The lowest BCUT2D eigenvalue weighted by Gasteiger charge is -2.26. The Balaban J connectivity index is 1.61. The highest BCUT2D eigenvalue weighted by Gasteiger charge is 2.30. The molecule has 0 atom stereocenters. The van der Waals surface area contributed by atoms with E-state index in [9.17, 15) is 9.59 Å². The number of rotatable bonds is 3. The third-order valence-electron chi connectivity index (χ3n) is 5.38. The number of fused-ring (bicyclic) bond motifs is 3. The molecule has 3 heterocycles. The minimum Gasteiger partial charge on any atom is -0.341 e. The highest BCUT2D eigenvalue weighted by Crippen LogP contribution is 2.39. The van der Waals surface area contributed by atoms with E-state index in [4.69, 9.17) is 4.98 Å². The number of likely N-dealkylation sites (tertiary alicyclic amines) is 1.